The molecule has 0 heterocycles. The number of sulfonamides is 1. The Bertz CT molecular complexity index is 1580. The van der Waals surface area contributed by atoms with Crippen LogP contribution in [0.4, 0.5) is 0 Å². The molecular formula is C27H29NO8S3. The van der Waals surface area contributed by atoms with Gasteiger partial charge in [-0.15, -0.1) is 0 Å². The quantitative estimate of drug-likeness (QED) is 0.350. The standard InChI is InChI=1S/C27H29NO8S3/c1-20-4-10-23(11-5-20)37(31,32)26(29)16-18-28(39(35,36)25-14-8-22(3)9-15-25)19-17-27(30)38(33,34)24-12-6-21(2)7-13-24/h4-15H,16-19H2,1-3H3. The first-order valence-electron chi connectivity index (χ1n) is 11.9. The van der Waals surface area contributed by atoms with E-state index in [-0.39, 0.29) is 14.7 Å². The minimum atomic E-state index is -4.38. The highest BCUT2D eigenvalue weighted by atomic mass is 32.2. The monoisotopic (exact) mass is 591 g/mol. The van der Waals surface area contributed by atoms with E-state index in [4.69, 9.17) is 0 Å². The molecular weight excluding hydrogens is 562 g/mol. The molecule has 0 saturated carbocycles. The smallest absolute Gasteiger partial charge is 0.252 e. The highest BCUT2D eigenvalue weighted by molar-refractivity contribution is 8.06. The summed E-state index contributed by atoms with van der Waals surface area (Å²) in [5.74, 6) is 0. The van der Waals surface area contributed by atoms with E-state index in [9.17, 15) is 34.8 Å². The molecule has 0 bridgehead atoms. The summed E-state index contributed by atoms with van der Waals surface area (Å²) in [7, 11) is -13.1. The third kappa shape index (κ3) is 7.07. The van der Waals surface area contributed by atoms with Crippen molar-refractivity contribution in [2.45, 2.75) is 48.3 Å². The van der Waals surface area contributed by atoms with Gasteiger partial charge in [0.1, 0.15) is 0 Å². The Balaban J connectivity index is 1.85. The zero-order valence-electron chi connectivity index (χ0n) is 21.7. The van der Waals surface area contributed by atoms with E-state index in [2.05, 4.69) is 0 Å². The van der Waals surface area contributed by atoms with Gasteiger partial charge in [-0.3, -0.25) is 9.59 Å². The van der Waals surface area contributed by atoms with Gasteiger partial charge < -0.3 is 0 Å². The Hall–Kier alpha value is -3.19. The molecule has 208 valence electrons. The minimum absolute atomic E-state index is 0.143. The molecule has 3 aromatic carbocycles. The highest BCUT2D eigenvalue weighted by Crippen LogP contribution is 2.21. The van der Waals surface area contributed by atoms with Crippen molar-refractivity contribution >= 4 is 39.9 Å². The third-order valence-electron chi connectivity index (χ3n) is 6.05. The number of aryl methyl sites for hydroxylation is 3. The van der Waals surface area contributed by atoms with Crippen LogP contribution in [0.1, 0.15) is 29.5 Å². The van der Waals surface area contributed by atoms with Crippen LogP contribution in [0.2, 0.25) is 0 Å². The number of carbonyl (C=O) groups is 2. The highest BCUT2D eigenvalue weighted by Gasteiger charge is 2.31. The maximum Gasteiger partial charge on any atom is 0.252 e. The average Bonchev–Trinajstić information content (AvgIpc) is 2.88. The summed E-state index contributed by atoms with van der Waals surface area (Å²) in [5, 5.41) is -2.40. The molecule has 0 N–H and O–H groups in total. The van der Waals surface area contributed by atoms with Crippen LogP contribution in [0.3, 0.4) is 0 Å². The number of hydrogen-bond donors (Lipinski definition) is 0. The fraction of sp³-hybridized carbons (Fsp3) is 0.259. The van der Waals surface area contributed by atoms with E-state index in [1.54, 1.807) is 32.9 Å². The zero-order valence-corrected chi connectivity index (χ0v) is 24.1. The molecule has 0 aromatic heterocycles. The molecule has 0 radical (unpaired) electrons. The molecule has 0 saturated heterocycles. The molecule has 9 nitrogen and oxygen atoms in total. The molecule has 0 fully saturated rings. The lowest BCUT2D eigenvalue weighted by atomic mass is 10.2. The first-order chi connectivity index (χ1) is 18.2. The fourth-order valence-electron chi connectivity index (χ4n) is 3.61. The molecule has 0 aliphatic carbocycles. The summed E-state index contributed by atoms with van der Waals surface area (Å²) < 4.78 is 78.5. The van der Waals surface area contributed by atoms with Crippen LogP contribution in [-0.2, 0) is 39.3 Å². The van der Waals surface area contributed by atoms with Gasteiger partial charge in [0.05, 0.1) is 14.7 Å². The summed E-state index contributed by atoms with van der Waals surface area (Å²) in [6, 6.07) is 17.1. The molecule has 0 aliphatic heterocycles. The Kier molecular flexibility index (Phi) is 9.27. The second kappa shape index (κ2) is 11.9. The summed E-state index contributed by atoms with van der Waals surface area (Å²) >= 11 is 0. The van der Waals surface area contributed by atoms with Gasteiger partial charge in [-0.25, -0.2) is 25.3 Å². The molecule has 3 rings (SSSR count). The predicted octanol–water partition coefficient (Wildman–Crippen LogP) is 3.38. The van der Waals surface area contributed by atoms with E-state index >= 15 is 0 Å². The first-order valence-corrected chi connectivity index (χ1v) is 16.3. The van der Waals surface area contributed by atoms with Gasteiger partial charge >= 0.3 is 0 Å². The molecule has 39 heavy (non-hydrogen) atoms. The van der Waals surface area contributed by atoms with Crippen LogP contribution < -0.4 is 0 Å². The van der Waals surface area contributed by atoms with Crippen molar-refractivity contribution in [3.63, 3.8) is 0 Å². The Labute approximate surface area is 229 Å². The van der Waals surface area contributed by atoms with Gasteiger partial charge in [-0.1, -0.05) is 53.1 Å². The van der Waals surface area contributed by atoms with Gasteiger partial charge in [0, 0.05) is 25.9 Å². The van der Waals surface area contributed by atoms with Crippen LogP contribution in [-0.4, -0.2) is 52.9 Å². The van der Waals surface area contributed by atoms with Crippen molar-refractivity contribution in [3.05, 3.63) is 89.5 Å². The van der Waals surface area contributed by atoms with Crippen molar-refractivity contribution in [1.82, 2.24) is 4.31 Å². The molecule has 12 heteroatoms. The summed E-state index contributed by atoms with van der Waals surface area (Å²) in [4.78, 5) is 24.8. The van der Waals surface area contributed by atoms with Gasteiger partial charge in [0.25, 0.3) is 10.2 Å². The maximum atomic E-state index is 13.4. The predicted molar refractivity (Wildman–Crippen MR) is 146 cm³/mol. The lowest BCUT2D eigenvalue weighted by Crippen LogP contribution is -2.36. The number of rotatable bonds is 10. The molecule has 0 amide bonds. The van der Waals surface area contributed by atoms with Gasteiger partial charge in [0.2, 0.25) is 29.7 Å². The summed E-state index contributed by atoms with van der Waals surface area (Å²) in [6.45, 7) is 4.13. The lowest BCUT2D eigenvalue weighted by molar-refractivity contribution is -0.112. The van der Waals surface area contributed by atoms with Crippen molar-refractivity contribution in [2.75, 3.05) is 13.1 Å². The number of hydrogen-bond acceptors (Lipinski definition) is 8. The summed E-state index contributed by atoms with van der Waals surface area (Å²) in [5.41, 5.74) is 2.38. The minimum Gasteiger partial charge on any atom is -0.281 e. The van der Waals surface area contributed by atoms with Crippen molar-refractivity contribution in [3.8, 4) is 0 Å². The van der Waals surface area contributed by atoms with Crippen molar-refractivity contribution in [1.29, 1.82) is 0 Å². The molecule has 0 atom stereocenters. The lowest BCUT2D eigenvalue weighted by Gasteiger charge is -2.22. The largest absolute Gasteiger partial charge is 0.281 e. The molecule has 0 aliphatic rings. The van der Waals surface area contributed by atoms with Crippen molar-refractivity contribution in [2.24, 2.45) is 0 Å². The summed E-state index contributed by atoms with van der Waals surface area (Å²) in [6.07, 6.45) is -1.39. The number of sulfone groups is 2. The Morgan fingerprint density at radius 3 is 1.10 bits per heavy atom. The zero-order chi connectivity index (χ0) is 29.0. The van der Waals surface area contributed by atoms with E-state index < -0.39 is 65.9 Å². The number of benzene rings is 3. The Morgan fingerprint density at radius 2 is 0.795 bits per heavy atom. The second-order valence-corrected chi connectivity index (χ2v) is 14.9. The second-order valence-electron chi connectivity index (χ2n) is 9.09. The van der Waals surface area contributed by atoms with E-state index in [0.29, 0.717) is 0 Å². The third-order valence-corrected chi connectivity index (χ3v) is 11.4. The van der Waals surface area contributed by atoms with Gasteiger partial charge in [-0.2, -0.15) is 4.31 Å². The maximum absolute atomic E-state index is 13.4. The topological polar surface area (TPSA) is 140 Å². The van der Waals surface area contributed by atoms with Crippen LogP contribution in [0.5, 0.6) is 0 Å². The average molecular weight is 592 g/mol. The molecule has 3 aromatic rings. The number of carbonyl (C=O) groups excluding carboxylic acids is 2. The SMILES string of the molecule is Cc1ccc(S(=O)(=O)C(=O)CCN(CCC(=O)S(=O)(=O)c2ccc(C)cc2)S(=O)(=O)c2ccc(C)cc2)cc1. The van der Waals surface area contributed by atoms with Gasteiger partial charge in [-0.05, 0) is 57.2 Å². The van der Waals surface area contributed by atoms with Crippen LogP contribution in [0.15, 0.2) is 87.5 Å². The molecule has 0 spiro atoms. The molecule has 0 unspecified atom stereocenters. The van der Waals surface area contributed by atoms with Crippen LogP contribution in [0.25, 0.3) is 0 Å². The normalized spacial score (nSPS) is 12.4. The fourth-order valence-corrected chi connectivity index (χ4v) is 7.29. The first kappa shape index (κ1) is 30.4. The van der Waals surface area contributed by atoms with E-state index in [1.165, 1.54) is 60.7 Å². The number of nitrogens with zero attached hydrogens (tertiary/aromatic N) is 1. The van der Waals surface area contributed by atoms with E-state index in [1.807, 2.05) is 0 Å². The van der Waals surface area contributed by atoms with Crippen LogP contribution in [0, 0.1) is 20.8 Å². The Morgan fingerprint density at radius 1 is 0.513 bits per heavy atom. The van der Waals surface area contributed by atoms with Gasteiger partial charge in [0.15, 0.2) is 0 Å². The van der Waals surface area contributed by atoms with Crippen LogP contribution >= 0.6 is 0 Å². The van der Waals surface area contributed by atoms with E-state index in [0.717, 1.165) is 21.0 Å². The van der Waals surface area contributed by atoms with Crippen molar-refractivity contribution < 1.29 is 34.8 Å².